The van der Waals surface area contributed by atoms with Gasteiger partial charge in [0.2, 0.25) is 5.13 Å². The minimum atomic E-state index is -0.220. The first-order valence-corrected chi connectivity index (χ1v) is 10.1. The summed E-state index contributed by atoms with van der Waals surface area (Å²) in [4.78, 5) is 12.4. The van der Waals surface area contributed by atoms with Gasteiger partial charge in [0, 0.05) is 11.3 Å². The number of nitrogens with zero attached hydrogens (tertiary/aromatic N) is 2. The Morgan fingerprint density at radius 1 is 1.15 bits per heavy atom. The molecule has 3 rings (SSSR count). The standard InChI is InChI=1S/C19H19N3O2S2/c1-2-11-24-16-10-6-9-15(12-16)17(23)20-18-21-22-19(26-18)25-13-14-7-4-3-5-8-14/h3-10,12H,2,11,13H2,1H3,(H,20,21,23). The van der Waals surface area contributed by atoms with Gasteiger partial charge >= 0.3 is 0 Å². The smallest absolute Gasteiger partial charge is 0.257 e. The molecule has 0 aliphatic rings. The lowest BCUT2D eigenvalue weighted by molar-refractivity contribution is 0.102. The molecule has 1 amide bonds. The van der Waals surface area contributed by atoms with Crippen LogP contribution in [-0.2, 0) is 5.75 Å². The maximum absolute atomic E-state index is 12.4. The van der Waals surface area contributed by atoms with Crippen LogP contribution >= 0.6 is 23.1 Å². The Kier molecular flexibility index (Phi) is 6.62. The fraction of sp³-hybridized carbons (Fsp3) is 0.211. The molecule has 1 heterocycles. The highest BCUT2D eigenvalue weighted by molar-refractivity contribution is 8.00. The van der Waals surface area contributed by atoms with Gasteiger partial charge in [0.25, 0.3) is 5.91 Å². The molecule has 0 saturated carbocycles. The fourth-order valence-electron chi connectivity index (χ4n) is 2.15. The number of anilines is 1. The van der Waals surface area contributed by atoms with Crippen LogP contribution in [0.15, 0.2) is 58.9 Å². The van der Waals surface area contributed by atoms with Gasteiger partial charge in [-0.15, -0.1) is 10.2 Å². The van der Waals surface area contributed by atoms with Gasteiger partial charge in [-0.3, -0.25) is 10.1 Å². The highest BCUT2D eigenvalue weighted by Gasteiger charge is 2.11. The number of hydrogen-bond acceptors (Lipinski definition) is 6. The summed E-state index contributed by atoms with van der Waals surface area (Å²) in [5.41, 5.74) is 1.76. The molecule has 1 N–H and O–H groups in total. The summed E-state index contributed by atoms with van der Waals surface area (Å²) >= 11 is 2.97. The van der Waals surface area contributed by atoms with Crippen molar-refractivity contribution in [3.8, 4) is 5.75 Å². The number of hydrogen-bond donors (Lipinski definition) is 1. The first-order chi connectivity index (χ1) is 12.7. The first-order valence-electron chi connectivity index (χ1n) is 8.29. The van der Waals surface area contributed by atoms with E-state index in [-0.39, 0.29) is 5.91 Å². The number of aromatic nitrogens is 2. The van der Waals surface area contributed by atoms with E-state index in [4.69, 9.17) is 4.74 Å². The van der Waals surface area contributed by atoms with E-state index < -0.39 is 0 Å². The SMILES string of the molecule is CCCOc1cccc(C(=O)Nc2nnc(SCc3ccccc3)s2)c1. The summed E-state index contributed by atoms with van der Waals surface area (Å²) in [6, 6.07) is 17.3. The van der Waals surface area contributed by atoms with Crippen LogP contribution < -0.4 is 10.1 Å². The summed E-state index contributed by atoms with van der Waals surface area (Å²) in [6.07, 6.45) is 0.921. The summed E-state index contributed by atoms with van der Waals surface area (Å²) in [5, 5.41) is 11.5. The Balaban J connectivity index is 1.57. The van der Waals surface area contributed by atoms with Crippen LogP contribution in [0.25, 0.3) is 0 Å². The first kappa shape index (κ1) is 18.4. The van der Waals surface area contributed by atoms with Crippen LogP contribution in [0.2, 0.25) is 0 Å². The number of nitrogens with one attached hydrogen (secondary N) is 1. The van der Waals surface area contributed by atoms with E-state index in [0.29, 0.717) is 23.1 Å². The molecule has 134 valence electrons. The van der Waals surface area contributed by atoms with Gasteiger partial charge in [-0.05, 0) is 30.2 Å². The molecule has 0 radical (unpaired) electrons. The van der Waals surface area contributed by atoms with Crippen molar-refractivity contribution in [1.82, 2.24) is 10.2 Å². The van der Waals surface area contributed by atoms with E-state index in [1.807, 2.05) is 31.2 Å². The second-order valence-corrected chi connectivity index (χ2v) is 7.68. The molecule has 0 unspecified atom stereocenters. The monoisotopic (exact) mass is 385 g/mol. The molecular weight excluding hydrogens is 366 g/mol. The molecule has 5 nitrogen and oxygen atoms in total. The molecule has 0 spiro atoms. The summed E-state index contributed by atoms with van der Waals surface area (Å²) < 4.78 is 6.39. The number of thioether (sulfide) groups is 1. The number of rotatable bonds is 8. The van der Waals surface area contributed by atoms with Crippen molar-refractivity contribution >= 4 is 34.1 Å². The molecular formula is C19H19N3O2S2. The summed E-state index contributed by atoms with van der Waals surface area (Å²) in [7, 11) is 0. The van der Waals surface area contributed by atoms with Crippen molar-refractivity contribution in [2.24, 2.45) is 0 Å². The molecule has 0 bridgehead atoms. The molecule has 0 aliphatic carbocycles. The molecule has 1 aromatic heterocycles. The van der Waals surface area contributed by atoms with Crippen molar-refractivity contribution < 1.29 is 9.53 Å². The third-order valence-corrected chi connectivity index (χ3v) is 5.44. The topological polar surface area (TPSA) is 64.1 Å². The fourth-order valence-corrected chi connectivity index (χ4v) is 3.86. The predicted molar refractivity (Wildman–Crippen MR) is 106 cm³/mol. The molecule has 0 aliphatic heterocycles. The van der Waals surface area contributed by atoms with Crippen molar-refractivity contribution in [3.05, 3.63) is 65.7 Å². The summed E-state index contributed by atoms with van der Waals surface area (Å²) in [5.74, 6) is 1.29. The lowest BCUT2D eigenvalue weighted by atomic mass is 10.2. The Morgan fingerprint density at radius 3 is 2.81 bits per heavy atom. The van der Waals surface area contributed by atoms with E-state index in [1.54, 1.807) is 30.0 Å². The molecule has 0 saturated heterocycles. The van der Waals surface area contributed by atoms with Gasteiger partial charge in [0.05, 0.1) is 6.61 Å². The molecule has 26 heavy (non-hydrogen) atoms. The number of carbonyl (C=O) groups excluding carboxylic acids is 1. The van der Waals surface area contributed by atoms with Crippen molar-refractivity contribution in [2.45, 2.75) is 23.4 Å². The normalized spacial score (nSPS) is 10.5. The maximum atomic E-state index is 12.4. The zero-order chi connectivity index (χ0) is 18.2. The highest BCUT2D eigenvalue weighted by atomic mass is 32.2. The van der Waals surface area contributed by atoms with Gasteiger partial charge < -0.3 is 4.74 Å². The van der Waals surface area contributed by atoms with E-state index in [0.717, 1.165) is 16.5 Å². The van der Waals surface area contributed by atoms with Crippen molar-refractivity contribution in [1.29, 1.82) is 0 Å². The third-order valence-electron chi connectivity index (χ3n) is 3.40. The van der Waals surface area contributed by atoms with Crippen LogP contribution in [0.1, 0.15) is 29.3 Å². The molecule has 0 atom stereocenters. The van der Waals surface area contributed by atoms with Crippen molar-refractivity contribution in [3.63, 3.8) is 0 Å². The van der Waals surface area contributed by atoms with Gasteiger partial charge in [-0.25, -0.2) is 0 Å². The van der Waals surface area contributed by atoms with E-state index in [2.05, 4.69) is 27.6 Å². The van der Waals surface area contributed by atoms with Gasteiger partial charge in [0.15, 0.2) is 4.34 Å². The zero-order valence-corrected chi connectivity index (χ0v) is 16.0. The Labute approximate surface area is 160 Å². The lowest BCUT2D eigenvalue weighted by Gasteiger charge is -2.06. The molecule has 3 aromatic rings. The molecule has 2 aromatic carbocycles. The van der Waals surface area contributed by atoms with Gasteiger partial charge in [-0.2, -0.15) is 0 Å². The number of ether oxygens (including phenoxy) is 1. The Bertz CT molecular complexity index is 853. The van der Waals surface area contributed by atoms with Crippen LogP contribution in [0.4, 0.5) is 5.13 Å². The summed E-state index contributed by atoms with van der Waals surface area (Å²) in [6.45, 7) is 2.67. The number of benzene rings is 2. The zero-order valence-electron chi connectivity index (χ0n) is 14.3. The average molecular weight is 386 g/mol. The van der Waals surface area contributed by atoms with Crippen LogP contribution in [0.5, 0.6) is 5.75 Å². The third kappa shape index (κ3) is 5.31. The second-order valence-electron chi connectivity index (χ2n) is 5.48. The minimum Gasteiger partial charge on any atom is -0.494 e. The Hall–Kier alpha value is -2.38. The van der Waals surface area contributed by atoms with Gasteiger partial charge in [-0.1, -0.05) is 66.4 Å². The van der Waals surface area contributed by atoms with Crippen LogP contribution in [-0.4, -0.2) is 22.7 Å². The molecule has 7 heteroatoms. The Morgan fingerprint density at radius 2 is 2.00 bits per heavy atom. The second kappa shape index (κ2) is 9.35. The van der Waals surface area contributed by atoms with Gasteiger partial charge in [0.1, 0.15) is 5.75 Å². The van der Waals surface area contributed by atoms with Crippen LogP contribution in [0, 0.1) is 0 Å². The maximum Gasteiger partial charge on any atom is 0.257 e. The largest absolute Gasteiger partial charge is 0.494 e. The minimum absolute atomic E-state index is 0.220. The number of carbonyl (C=O) groups is 1. The number of amides is 1. The quantitative estimate of drug-likeness (QED) is 0.443. The predicted octanol–water partition coefficient (Wildman–Crippen LogP) is 4.87. The van der Waals surface area contributed by atoms with E-state index in [1.165, 1.54) is 16.9 Å². The van der Waals surface area contributed by atoms with E-state index in [9.17, 15) is 4.79 Å². The van der Waals surface area contributed by atoms with Crippen LogP contribution in [0.3, 0.4) is 0 Å². The molecule has 0 fully saturated rings. The lowest BCUT2D eigenvalue weighted by Crippen LogP contribution is -2.11. The average Bonchev–Trinajstić information content (AvgIpc) is 3.13. The van der Waals surface area contributed by atoms with Crippen molar-refractivity contribution in [2.75, 3.05) is 11.9 Å². The van der Waals surface area contributed by atoms with E-state index >= 15 is 0 Å². The highest BCUT2D eigenvalue weighted by Crippen LogP contribution is 2.28.